The first-order valence-electron chi connectivity index (χ1n) is 7.22. The number of hydrogen-bond donors (Lipinski definition) is 1. The van der Waals surface area contributed by atoms with Crippen molar-refractivity contribution in [2.24, 2.45) is 11.8 Å². The lowest BCUT2D eigenvalue weighted by Crippen LogP contribution is -2.75. The van der Waals surface area contributed by atoms with Crippen molar-refractivity contribution >= 4 is 6.09 Å². The molecule has 1 aliphatic carbocycles. The summed E-state index contributed by atoms with van der Waals surface area (Å²) in [5, 5.41) is -0.0124. The molecule has 12 heteroatoms. The maximum atomic E-state index is 12.7. The third-order valence-electron chi connectivity index (χ3n) is 4.39. The number of alkyl halides is 9. The zero-order valence-corrected chi connectivity index (χ0v) is 13.1. The smallest absolute Gasteiger partial charge is 0.429 e. The van der Waals surface area contributed by atoms with E-state index in [9.17, 15) is 44.3 Å². The molecule has 0 aromatic heterocycles. The number of hydrogen-bond acceptors (Lipinski definition) is 2. The van der Waals surface area contributed by atoms with Gasteiger partial charge in [0, 0.05) is 0 Å². The molecule has 0 aliphatic heterocycles. The van der Waals surface area contributed by atoms with Gasteiger partial charge in [-0.3, -0.25) is 5.32 Å². The van der Waals surface area contributed by atoms with Crippen LogP contribution in [0.1, 0.15) is 33.1 Å². The number of amides is 1. The van der Waals surface area contributed by atoms with Crippen molar-refractivity contribution in [3.05, 3.63) is 0 Å². The van der Waals surface area contributed by atoms with Gasteiger partial charge >= 0.3 is 30.2 Å². The summed E-state index contributed by atoms with van der Waals surface area (Å²) in [5.74, 6) is 0.131. The van der Waals surface area contributed by atoms with E-state index in [-0.39, 0.29) is 30.0 Å². The average molecular weight is 389 g/mol. The SMILES string of the molecule is C[C@H]1CC[C@@H](OC(=O)NC(C(F)(F)F)(C(F)(F)F)C(F)(F)F)C[C@@H]1C. The fraction of sp³-hybridized carbons (Fsp3) is 0.923. The van der Waals surface area contributed by atoms with E-state index in [0.29, 0.717) is 6.42 Å². The number of nitrogens with one attached hydrogen (secondary N) is 1. The van der Waals surface area contributed by atoms with E-state index in [4.69, 9.17) is 0 Å². The topological polar surface area (TPSA) is 38.3 Å². The van der Waals surface area contributed by atoms with Crippen LogP contribution in [0.3, 0.4) is 0 Å². The van der Waals surface area contributed by atoms with Gasteiger partial charge in [0.05, 0.1) is 0 Å². The largest absolute Gasteiger partial charge is 0.446 e. The number of ether oxygens (including phenoxy) is 1. The Morgan fingerprint density at radius 3 is 1.64 bits per heavy atom. The highest BCUT2D eigenvalue weighted by molar-refractivity contribution is 5.69. The van der Waals surface area contributed by atoms with Gasteiger partial charge in [0.15, 0.2) is 0 Å². The predicted octanol–water partition coefficient (Wildman–Crippen LogP) is 4.96. The molecule has 3 atom stereocenters. The lowest BCUT2D eigenvalue weighted by molar-refractivity contribution is -0.387. The summed E-state index contributed by atoms with van der Waals surface area (Å²) in [6, 6.07) is 0. The van der Waals surface area contributed by atoms with Crippen LogP contribution < -0.4 is 5.32 Å². The molecule has 3 nitrogen and oxygen atoms in total. The minimum absolute atomic E-state index is 0.0124. The van der Waals surface area contributed by atoms with Gasteiger partial charge in [-0.15, -0.1) is 0 Å². The Kier molecular flexibility index (Phi) is 5.85. The number of alkyl carbamates (subject to hydrolysis) is 1. The molecule has 0 unspecified atom stereocenters. The van der Waals surface area contributed by atoms with Crippen molar-refractivity contribution in [3.63, 3.8) is 0 Å². The molecule has 0 heterocycles. The molecule has 1 aliphatic rings. The highest BCUT2D eigenvalue weighted by atomic mass is 19.4. The van der Waals surface area contributed by atoms with E-state index < -0.39 is 36.3 Å². The van der Waals surface area contributed by atoms with Crippen LogP contribution >= 0.6 is 0 Å². The summed E-state index contributed by atoms with van der Waals surface area (Å²) in [4.78, 5) is 11.4. The summed E-state index contributed by atoms with van der Waals surface area (Å²) in [6.07, 6.45) is -23.3. The van der Waals surface area contributed by atoms with E-state index in [1.807, 2.05) is 6.92 Å². The first-order chi connectivity index (χ1) is 11.0. The first-order valence-corrected chi connectivity index (χ1v) is 7.22. The number of rotatable bonds is 2. The third-order valence-corrected chi connectivity index (χ3v) is 4.39. The molecule has 148 valence electrons. The van der Waals surface area contributed by atoms with Crippen molar-refractivity contribution in [1.29, 1.82) is 0 Å². The second-order valence-corrected chi connectivity index (χ2v) is 6.16. The standard InChI is InChI=1S/C13H16F9NO2/c1-6-3-4-8(5-7(6)2)25-9(24)23-10(11(14,15)16,12(17,18)19)13(20,21)22/h6-8H,3-5H2,1-2H3,(H,23,24)/t6-,7-,8+/m0/s1. The molecular formula is C13H16F9NO2. The van der Waals surface area contributed by atoms with Crippen LogP contribution in [0.4, 0.5) is 44.3 Å². The van der Waals surface area contributed by atoms with Crippen molar-refractivity contribution in [1.82, 2.24) is 5.32 Å². The predicted molar refractivity (Wildman–Crippen MR) is 66.5 cm³/mol. The Morgan fingerprint density at radius 2 is 1.28 bits per heavy atom. The normalized spacial score (nSPS) is 26.3. The van der Waals surface area contributed by atoms with E-state index in [2.05, 4.69) is 4.74 Å². The maximum Gasteiger partial charge on any atom is 0.429 e. The molecule has 0 radical (unpaired) electrons. The second-order valence-electron chi connectivity index (χ2n) is 6.16. The minimum atomic E-state index is -6.86. The lowest BCUT2D eigenvalue weighted by Gasteiger charge is -2.39. The van der Waals surface area contributed by atoms with Crippen LogP contribution in [0, 0.1) is 11.8 Å². The minimum Gasteiger partial charge on any atom is -0.446 e. The summed E-state index contributed by atoms with van der Waals surface area (Å²) in [5.41, 5.74) is -6.41. The highest BCUT2D eigenvalue weighted by Crippen LogP contribution is 2.52. The van der Waals surface area contributed by atoms with Crippen molar-refractivity contribution in [2.45, 2.75) is 63.3 Å². The third kappa shape index (κ3) is 4.25. The van der Waals surface area contributed by atoms with Crippen LogP contribution in [-0.4, -0.2) is 36.3 Å². The Morgan fingerprint density at radius 1 is 0.840 bits per heavy atom. The van der Waals surface area contributed by atoms with Gasteiger partial charge < -0.3 is 4.74 Å². The molecule has 1 fully saturated rings. The molecule has 1 rings (SSSR count). The quantitative estimate of drug-likeness (QED) is 0.678. The molecular weight excluding hydrogens is 373 g/mol. The fourth-order valence-corrected chi connectivity index (χ4v) is 2.63. The monoisotopic (exact) mass is 389 g/mol. The molecule has 0 saturated heterocycles. The Hall–Kier alpha value is -1.36. The van der Waals surface area contributed by atoms with Gasteiger partial charge in [-0.25, -0.2) is 4.79 Å². The van der Waals surface area contributed by atoms with Gasteiger partial charge in [0.1, 0.15) is 6.10 Å². The first kappa shape index (κ1) is 21.7. The van der Waals surface area contributed by atoms with Gasteiger partial charge in [-0.2, -0.15) is 39.5 Å². The maximum absolute atomic E-state index is 12.7. The van der Waals surface area contributed by atoms with Crippen LogP contribution in [-0.2, 0) is 4.74 Å². The molecule has 0 spiro atoms. The lowest BCUT2D eigenvalue weighted by atomic mass is 9.80. The molecule has 0 aromatic carbocycles. The van der Waals surface area contributed by atoms with Crippen LogP contribution in [0.2, 0.25) is 0 Å². The number of carbonyl (C=O) groups is 1. The van der Waals surface area contributed by atoms with Crippen LogP contribution in [0.25, 0.3) is 0 Å². The van der Waals surface area contributed by atoms with Gasteiger partial charge in [-0.1, -0.05) is 13.8 Å². The molecule has 0 aromatic rings. The molecule has 0 bridgehead atoms. The van der Waals surface area contributed by atoms with Crippen LogP contribution in [0.15, 0.2) is 0 Å². The second kappa shape index (κ2) is 6.75. The van der Waals surface area contributed by atoms with E-state index in [1.54, 1.807) is 6.92 Å². The molecule has 1 amide bonds. The van der Waals surface area contributed by atoms with Gasteiger partial charge in [0.25, 0.3) is 0 Å². The van der Waals surface area contributed by atoms with Gasteiger partial charge in [0.2, 0.25) is 0 Å². The van der Waals surface area contributed by atoms with E-state index in [1.165, 1.54) is 0 Å². The summed E-state index contributed by atoms with van der Waals surface area (Å²) in [7, 11) is 0. The average Bonchev–Trinajstić information content (AvgIpc) is 2.36. The molecule has 1 saturated carbocycles. The summed E-state index contributed by atoms with van der Waals surface area (Å²) in [6.45, 7) is 3.58. The number of halogens is 9. The van der Waals surface area contributed by atoms with Crippen LogP contribution in [0.5, 0.6) is 0 Å². The summed E-state index contributed by atoms with van der Waals surface area (Å²) < 4.78 is 119. The Balaban J connectivity index is 3.05. The van der Waals surface area contributed by atoms with Crippen molar-refractivity contribution in [2.75, 3.05) is 0 Å². The molecule has 25 heavy (non-hydrogen) atoms. The molecule has 1 N–H and O–H groups in total. The van der Waals surface area contributed by atoms with E-state index in [0.717, 1.165) is 0 Å². The highest BCUT2D eigenvalue weighted by Gasteiger charge is 2.85. The van der Waals surface area contributed by atoms with E-state index >= 15 is 0 Å². The van der Waals surface area contributed by atoms with Crippen molar-refractivity contribution < 1.29 is 49.0 Å². The summed E-state index contributed by atoms with van der Waals surface area (Å²) >= 11 is 0. The Labute approximate surface area is 136 Å². The Bertz CT molecular complexity index is 447. The fourth-order valence-electron chi connectivity index (χ4n) is 2.63. The van der Waals surface area contributed by atoms with Crippen molar-refractivity contribution in [3.8, 4) is 0 Å². The zero-order valence-electron chi connectivity index (χ0n) is 13.1. The number of carbonyl (C=O) groups excluding carboxylic acids is 1. The van der Waals surface area contributed by atoms with Gasteiger partial charge in [-0.05, 0) is 31.1 Å². The zero-order chi connectivity index (χ0) is 19.8.